The van der Waals surface area contributed by atoms with Crippen LogP contribution in [0.3, 0.4) is 0 Å². The van der Waals surface area contributed by atoms with E-state index in [0.717, 1.165) is 0 Å². The van der Waals surface area contributed by atoms with Crippen molar-refractivity contribution in [2.45, 2.75) is 0 Å². The first-order valence-electron chi connectivity index (χ1n) is 6.22. The quantitative estimate of drug-likeness (QED) is 0.677. The van der Waals surface area contributed by atoms with Gasteiger partial charge in [-0.1, -0.05) is 0 Å². The topological polar surface area (TPSA) is 84.2 Å². The normalized spacial score (nSPS) is 10.7. The fourth-order valence-corrected chi connectivity index (χ4v) is 2.22. The molecular formula is C15H13N3O3S. The summed E-state index contributed by atoms with van der Waals surface area (Å²) < 4.78 is 10.4. The summed E-state index contributed by atoms with van der Waals surface area (Å²) in [6.07, 6.45) is 3.03. The van der Waals surface area contributed by atoms with Crippen molar-refractivity contribution in [1.82, 2.24) is 4.98 Å². The molecule has 0 saturated heterocycles. The standard InChI is InChI=1S/C15H13N3O3S/c1-20-12-4-3-10(13(8-12)21-2)7-11(9-16)14(19)18-15-17-5-6-22-15/h3-8H,1-2H3,(H,17,18,19)/b11-7+. The van der Waals surface area contributed by atoms with Gasteiger partial charge in [-0.25, -0.2) is 4.98 Å². The van der Waals surface area contributed by atoms with E-state index in [1.807, 2.05) is 6.07 Å². The average molecular weight is 315 g/mol. The highest BCUT2D eigenvalue weighted by Gasteiger charge is 2.12. The van der Waals surface area contributed by atoms with Crippen LogP contribution in [0.1, 0.15) is 5.56 Å². The molecule has 6 nitrogen and oxygen atoms in total. The van der Waals surface area contributed by atoms with Crippen LogP contribution in [0.25, 0.3) is 6.08 Å². The van der Waals surface area contributed by atoms with Gasteiger partial charge < -0.3 is 9.47 Å². The highest BCUT2D eigenvalue weighted by molar-refractivity contribution is 7.13. The highest BCUT2D eigenvalue weighted by atomic mass is 32.1. The fourth-order valence-electron chi connectivity index (χ4n) is 1.69. The Morgan fingerprint density at radius 1 is 1.41 bits per heavy atom. The summed E-state index contributed by atoms with van der Waals surface area (Å²) in [4.78, 5) is 16.0. The van der Waals surface area contributed by atoms with E-state index in [9.17, 15) is 10.1 Å². The van der Waals surface area contributed by atoms with Crippen molar-refractivity contribution in [1.29, 1.82) is 5.26 Å². The van der Waals surface area contributed by atoms with Gasteiger partial charge in [-0.3, -0.25) is 10.1 Å². The number of carbonyl (C=O) groups is 1. The molecular weight excluding hydrogens is 302 g/mol. The van der Waals surface area contributed by atoms with E-state index < -0.39 is 5.91 Å². The average Bonchev–Trinajstić information content (AvgIpc) is 3.05. The zero-order chi connectivity index (χ0) is 15.9. The Balaban J connectivity index is 2.28. The number of aromatic nitrogens is 1. The molecule has 1 amide bonds. The molecule has 2 rings (SSSR count). The lowest BCUT2D eigenvalue weighted by Gasteiger charge is -2.08. The Kier molecular flexibility index (Phi) is 5.11. The fraction of sp³-hybridized carbons (Fsp3) is 0.133. The van der Waals surface area contributed by atoms with Crippen molar-refractivity contribution in [3.63, 3.8) is 0 Å². The lowest BCUT2D eigenvalue weighted by atomic mass is 10.1. The molecule has 0 aliphatic carbocycles. The van der Waals surface area contributed by atoms with Gasteiger partial charge in [0.1, 0.15) is 23.1 Å². The monoisotopic (exact) mass is 315 g/mol. The Bertz CT molecular complexity index is 733. The molecule has 7 heteroatoms. The number of ether oxygens (including phenoxy) is 2. The number of methoxy groups -OCH3 is 2. The van der Waals surface area contributed by atoms with E-state index in [1.165, 1.54) is 24.5 Å². The van der Waals surface area contributed by atoms with Crippen molar-refractivity contribution in [3.8, 4) is 17.6 Å². The minimum atomic E-state index is -0.518. The minimum absolute atomic E-state index is 0.0429. The molecule has 0 spiro atoms. The van der Waals surface area contributed by atoms with Gasteiger partial charge in [0.05, 0.1) is 14.2 Å². The lowest BCUT2D eigenvalue weighted by Crippen LogP contribution is -2.13. The van der Waals surface area contributed by atoms with Gasteiger partial charge in [0.15, 0.2) is 5.13 Å². The Morgan fingerprint density at radius 2 is 2.23 bits per heavy atom. The molecule has 0 unspecified atom stereocenters. The number of nitrogens with one attached hydrogen (secondary N) is 1. The molecule has 0 atom stereocenters. The number of carbonyl (C=O) groups excluding carboxylic acids is 1. The third-order valence-electron chi connectivity index (χ3n) is 2.76. The third kappa shape index (κ3) is 3.62. The van der Waals surface area contributed by atoms with E-state index in [2.05, 4.69) is 10.3 Å². The molecule has 0 aliphatic heterocycles. The number of hydrogen-bond acceptors (Lipinski definition) is 6. The van der Waals surface area contributed by atoms with Gasteiger partial charge >= 0.3 is 0 Å². The maximum atomic E-state index is 12.1. The SMILES string of the molecule is COc1ccc(/C=C(\C#N)C(=O)Nc2nccs2)c(OC)c1. The molecule has 2 aromatic rings. The summed E-state index contributed by atoms with van der Waals surface area (Å²) in [7, 11) is 3.06. The molecule has 0 bridgehead atoms. The number of hydrogen-bond donors (Lipinski definition) is 1. The van der Waals surface area contributed by atoms with Crippen molar-refractivity contribution in [2.24, 2.45) is 0 Å². The van der Waals surface area contributed by atoms with Crippen LogP contribution in [0.2, 0.25) is 0 Å². The molecule has 0 radical (unpaired) electrons. The van der Waals surface area contributed by atoms with Gasteiger partial charge in [-0.05, 0) is 18.2 Å². The second-order valence-corrected chi connectivity index (χ2v) is 4.96. The van der Waals surface area contributed by atoms with E-state index in [-0.39, 0.29) is 5.57 Å². The number of amides is 1. The number of thiazole rings is 1. The first-order chi connectivity index (χ1) is 10.7. The molecule has 0 fully saturated rings. The summed E-state index contributed by atoms with van der Waals surface area (Å²) in [5, 5.41) is 13.9. The van der Waals surface area contributed by atoms with E-state index in [1.54, 1.807) is 36.9 Å². The molecule has 22 heavy (non-hydrogen) atoms. The molecule has 0 saturated carbocycles. The van der Waals surface area contributed by atoms with E-state index in [4.69, 9.17) is 9.47 Å². The van der Waals surface area contributed by atoms with Crippen LogP contribution in [-0.4, -0.2) is 25.1 Å². The number of nitrogens with zero attached hydrogens (tertiary/aromatic N) is 2. The van der Waals surface area contributed by atoms with Crippen LogP contribution in [-0.2, 0) is 4.79 Å². The van der Waals surface area contributed by atoms with Crippen LogP contribution in [0.4, 0.5) is 5.13 Å². The number of anilines is 1. The molecule has 1 aromatic carbocycles. The number of nitriles is 1. The van der Waals surface area contributed by atoms with Crippen molar-refractivity contribution >= 4 is 28.5 Å². The van der Waals surface area contributed by atoms with E-state index in [0.29, 0.717) is 22.2 Å². The summed E-state index contributed by atoms with van der Waals surface area (Å²) in [6, 6.07) is 7.00. The zero-order valence-electron chi connectivity index (χ0n) is 12.0. The van der Waals surface area contributed by atoms with Gasteiger partial charge in [-0.2, -0.15) is 5.26 Å². The lowest BCUT2D eigenvalue weighted by molar-refractivity contribution is -0.112. The first kappa shape index (κ1) is 15.5. The predicted molar refractivity (Wildman–Crippen MR) is 83.9 cm³/mol. The van der Waals surface area contributed by atoms with Gasteiger partial charge in [0, 0.05) is 23.2 Å². The number of benzene rings is 1. The molecule has 1 aromatic heterocycles. The van der Waals surface area contributed by atoms with Gasteiger partial charge in [0.25, 0.3) is 5.91 Å². The molecule has 0 aliphatic rings. The van der Waals surface area contributed by atoms with Crippen molar-refractivity contribution in [3.05, 3.63) is 40.9 Å². The van der Waals surface area contributed by atoms with Crippen LogP contribution in [0, 0.1) is 11.3 Å². The summed E-state index contributed by atoms with van der Waals surface area (Å²) >= 11 is 1.28. The second-order valence-electron chi connectivity index (χ2n) is 4.07. The molecule has 112 valence electrons. The molecule has 1 N–H and O–H groups in total. The maximum Gasteiger partial charge on any atom is 0.268 e. The van der Waals surface area contributed by atoms with Crippen molar-refractivity contribution < 1.29 is 14.3 Å². The Labute approximate surface area is 131 Å². The summed E-state index contributed by atoms with van der Waals surface area (Å²) in [5.41, 5.74) is 0.563. The highest BCUT2D eigenvalue weighted by Crippen LogP contribution is 2.26. The van der Waals surface area contributed by atoms with Crippen LogP contribution < -0.4 is 14.8 Å². The van der Waals surface area contributed by atoms with Crippen LogP contribution in [0.5, 0.6) is 11.5 Å². The first-order valence-corrected chi connectivity index (χ1v) is 7.10. The van der Waals surface area contributed by atoms with Crippen LogP contribution in [0.15, 0.2) is 35.3 Å². The third-order valence-corrected chi connectivity index (χ3v) is 3.45. The smallest absolute Gasteiger partial charge is 0.268 e. The largest absolute Gasteiger partial charge is 0.497 e. The Hall–Kier alpha value is -2.85. The summed E-state index contributed by atoms with van der Waals surface area (Å²) in [5.74, 6) is 0.615. The zero-order valence-corrected chi connectivity index (χ0v) is 12.8. The molecule has 1 heterocycles. The minimum Gasteiger partial charge on any atom is -0.497 e. The van der Waals surface area contributed by atoms with E-state index >= 15 is 0 Å². The van der Waals surface area contributed by atoms with Crippen molar-refractivity contribution in [2.75, 3.05) is 19.5 Å². The second kappa shape index (κ2) is 7.24. The van der Waals surface area contributed by atoms with Gasteiger partial charge in [0.2, 0.25) is 0 Å². The number of rotatable bonds is 5. The van der Waals surface area contributed by atoms with Crippen LogP contribution >= 0.6 is 11.3 Å². The van der Waals surface area contributed by atoms with Gasteiger partial charge in [-0.15, -0.1) is 11.3 Å². The predicted octanol–water partition coefficient (Wildman–Crippen LogP) is 2.71. The summed E-state index contributed by atoms with van der Waals surface area (Å²) in [6.45, 7) is 0. The maximum absolute atomic E-state index is 12.1. The Morgan fingerprint density at radius 3 is 2.82 bits per heavy atom.